The maximum Gasteiger partial charge on any atom is 0.220 e. The van der Waals surface area contributed by atoms with E-state index >= 15 is 0 Å². The number of ether oxygens (including phenoxy) is 1. The minimum absolute atomic E-state index is 0.207. The van der Waals surface area contributed by atoms with Crippen molar-refractivity contribution in [1.29, 1.82) is 0 Å². The molecule has 0 radical (unpaired) electrons. The van der Waals surface area contributed by atoms with Gasteiger partial charge in [0.25, 0.3) is 0 Å². The predicted octanol–water partition coefficient (Wildman–Crippen LogP) is -0.545. The fraction of sp³-hybridized carbons (Fsp3) is 0.889. The summed E-state index contributed by atoms with van der Waals surface area (Å²) in [6, 6.07) is 0. The molecule has 4 heteroatoms. The lowest BCUT2D eigenvalue weighted by atomic mass is 10.1. The van der Waals surface area contributed by atoms with Crippen LogP contribution in [0.2, 0.25) is 0 Å². The molecule has 0 aromatic heterocycles. The quantitative estimate of drug-likeness (QED) is 0.626. The molecule has 1 N–H and O–H groups in total. The lowest BCUT2D eigenvalue weighted by molar-refractivity contribution is -0.119. The van der Waals surface area contributed by atoms with Crippen molar-refractivity contribution in [3.63, 3.8) is 0 Å². The molecule has 1 atom stereocenters. The SMILES string of the molecule is O=C1C[C@@H](CN2CCOCC2)CN1. The first-order chi connectivity index (χ1) is 6.34. The Morgan fingerprint density at radius 1 is 1.46 bits per heavy atom. The lowest BCUT2D eigenvalue weighted by Crippen LogP contribution is -2.39. The van der Waals surface area contributed by atoms with Gasteiger partial charge < -0.3 is 10.1 Å². The smallest absolute Gasteiger partial charge is 0.220 e. The molecular formula is C9H16N2O2. The van der Waals surface area contributed by atoms with Crippen LogP contribution in [0.1, 0.15) is 6.42 Å². The second-order valence-corrected chi connectivity index (χ2v) is 3.79. The lowest BCUT2D eigenvalue weighted by Gasteiger charge is -2.28. The van der Waals surface area contributed by atoms with Crippen LogP contribution in [0.15, 0.2) is 0 Å². The average molecular weight is 184 g/mol. The van der Waals surface area contributed by atoms with E-state index in [0.717, 1.165) is 39.4 Å². The Morgan fingerprint density at radius 3 is 2.85 bits per heavy atom. The van der Waals surface area contributed by atoms with Crippen molar-refractivity contribution in [3.8, 4) is 0 Å². The Bertz CT molecular complexity index is 190. The number of morpholine rings is 1. The summed E-state index contributed by atoms with van der Waals surface area (Å²) in [6.07, 6.45) is 0.706. The van der Waals surface area contributed by atoms with Crippen molar-refractivity contribution in [2.45, 2.75) is 6.42 Å². The maximum atomic E-state index is 10.9. The largest absolute Gasteiger partial charge is 0.379 e. The summed E-state index contributed by atoms with van der Waals surface area (Å²) in [5.74, 6) is 0.726. The molecule has 74 valence electrons. The summed E-state index contributed by atoms with van der Waals surface area (Å²) in [4.78, 5) is 13.3. The molecule has 2 saturated heterocycles. The van der Waals surface area contributed by atoms with Crippen LogP contribution in [-0.2, 0) is 9.53 Å². The van der Waals surface area contributed by atoms with E-state index in [0.29, 0.717) is 12.3 Å². The number of rotatable bonds is 2. The van der Waals surface area contributed by atoms with E-state index in [4.69, 9.17) is 4.74 Å². The molecule has 2 aliphatic heterocycles. The molecule has 4 nitrogen and oxygen atoms in total. The highest BCUT2D eigenvalue weighted by atomic mass is 16.5. The molecule has 0 saturated carbocycles. The van der Waals surface area contributed by atoms with E-state index in [9.17, 15) is 4.79 Å². The van der Waals surface area contributed by atoms with Crippen LogP contribution >= 0.6 is 0 Å². The molecule has 0 aliphatic carbocycles. The number of nitrogens with zero attached hydrogens (tertiary/aromatic N) is 1. The van der Waals surface area contributed by atoms with Gasteiger partial charge in [-0.15, -0.1) is 0 Å². The highest BCUT2D eigenvalue weighted by molar-refractivity contribution is 5.78. The van der Waals surface area contributed by atoms with E-state index in [1.54, 1.807) is 0 Å². The van der Waals surface area contributed by atoms with Crippen molar-refractivity contribution in [2.75, 3.05) is 39.4 Å². The van der Waals surface area contributed by atoms with Crippen LogP contribution in [0, 0.1) is 5.92 Å². The molecule has 0 bridgehead atoms. The van der Waals surface area contributed by atoms with Gasteiger partial charge in [0.15, 0.2) is 0 Å². The second kappa shape index (κ2) is 4.07. The van der Waals surface area contributed by atoms with Gasteiger partial charge in [-0.1, -0.05) is 0 Å². The Labute approximate surface area is 78.2 Å². The zero-order valence-electron chi connectivity index (χ0n) is 7.79. The standard InChI is InChI=1S/C9H16N2O2/c12-9-5-8(6-10-9)7-11-1-3-13-4-2-11/h8H,1-7H2,(H,10,12)/t8-/m1/s1. The average Bonchev–Trinajstić information content (AvgIpc) is 2.53. The van der Waals surface area contributed by atoms with Crippen LogP contribution in [0.5, 0.6) is 0 Å². The van der Waals surface area contributed by atoms with E-state index in [1.807, 2.05) is 0 Å². The molecule has 2 aliphatic rings. The molecule has 0 unspecified atom stereocenters. The Kier molecular flexibility index (Phi) is 2.80. The third-order valence-corrected chi connectivity index (χ3v) is 2.68. The van der Waals surface area contributed by atoms with Crippen molar-refractivity contribution < 1.29 is 9.53 Å². The monoisotopic (exact) mass is 184 g/mol. The molecule has 13 heavy (non-hydrogen) atoms. The number of carbonyl (C=O) groups excluding carboxylic acids is 1. The number of nitrogens with one attached hydrogen (secondary N) is 1. The van der Waals surface area contributed by atoms with E-state index in [1.165, 1.54) is 0 Å². The third kappa shape index (κ3) is 2.42. The predicted molar refractivity (Wildman–Crippen MR) is 48.4 cm³/mol. The summed E-state index contributed by atoms with van der Waals surface area (Å²) >= 11 is 0. The van der Waals surface area contributed by atoms with Gasteiger partial charge in [0.05, 0.1) is 13.2 Å². The first kappa shape index (κ1) is 8.97. The summed E-state index contributed by atoms with van der Waals surface area (Å²) in [6.45, 7) is 5.62. The molecule has 2 heterocycles. The number of hydrogen-bond acceptors (Lipinski definition) is 3. The van der Waals surface area contributed by atoms with Gasteiger partial charge in [-0.05, 0) is 5.92 Å². The molecule has 0 aromatic carbocycles. The third-order valence-electron chi connectivity index (χ3n) is 2.68. The molecule has 1 amide bonds. The van der Waals surface area contributed by atoms with Gasteiger partial charge in [-0.2, -0.15) is 0 Å². The molecule has 0 aromatic rings. The van der Waals surface area contributed by atoms with Crippen molar-refractivity contribution in [1.82, 2.24) is 10.2 Å². The zero-order valence-corrected chi connectivity index (χ0v) is 7.79. The Morgan fingerprint density at radius 2 is 2.23 bits per heavy atom. The number of carbonyl (C=O) groups is 1. The number of amides is 1. The van der Waals surface area contributed by atoms with Crippen LogP contribution < -0.4 is 5.32 Å². The van der Waals surface area contributed by atoms with Gasteiger partial charge >= 0.3 is 0 Å². The first-order valence-electron chi connectivity index (χ1n) is 4.91. The summed E-state index contributed by atoms with van der Waals surface area (Å²) in [7, 11) is 0. The van der Waals surface area contributed by atoms with Gasteiger partial charge in [0.1, 0.15) is 0 Å². The van der Waals surface area contributed by atoms with Gasteiger partial charge in [-0.25, -0.2) is 0 Å². The fourth-order valence-electron chi connectivity index (χ4n) is 1.94. The van der Waals surface area contributed by atoms with Gasteiger partial charge in [0.2, 0.25) is 5.91 Å². The van der Waals surface area contributed by atoms with Crippen LogP contribution in [-0.4, -0.2) is 50.2 Å². The van der Waals surface area contributed by atoms with E-state index in [2.05, 4.69) is 10.2 Å². The van der Waals surface area contributed by atoms with E-state index in [-0.39, 0.29) is 5.91 Å². The fourth-order valence-corrected chi connectivity index (χ4v) is 1.94. The van der Waals surface area contributed by atoms with E-state index < -0.39 is 0 Å². The second-order valence-electron chi connectivity index (χ2n) is 3.79. The zero-order chi connectivity index (χ0) is 9.10. The topological polar surface area (TPSA) is 41.6 Å². The van der Waals surface area contributed by atoms with Crippen molar-refractivity contribution in [2.24, 2.45) is 5.92 Å². The Hall–Kier alpha value is -0.610. The van der Waals surface area contributed by atoms with Gasteiger partial charge in [0, 0.05) is 32.6 Å². The highest BCUT2D eigenvalue weighted by Gasteiger charge is 2.24. The normalized spacial score (nSPS) is 30.5. The molecule has 0 spiro atoms. The minimum atomic E-state index is 0.207. The van der Waals surface area contributed by atoms with Gasteiger partial charge in [-0.3, -0.25) is 9.69 Å². The molecule has 2 fully saturated rings. The summed E-state index contributed by atoms with van der Waals surface area (Å²) in [5, 5.41) is 2.86. The summed E-state index contributed by atoms with van der Waals surface area (Å²) < 4.78 is 5.26. The highest BCUT2D eigenvalue weighted by Crippen LogP contribution is 2.11. The van der Waals surface area contributed by atoms with Crippen molar-refractivity contribution >= 4 is 5.91 Å². The van der Waals surface area contributed by atoms with Crippen molar-refractivity contribution in [3.05, 3.63) is 0 Å². The number of hydrogen-bond donors (Lipinski definition) is 1. The maximum absolute atomic E-state index is 10.9. The van der Waals surface area contributed by atoms with Crippen LogP contribution in [0.25, 0.3) is 0 Å². The molecular weight excluding hydrogens is 168 g/mol. The molecule has 2 rings (SSSR count). The first-order valence-corrected chi connectivity index (χ1v) is 4.91. The van der Waals surface area contributed by atoms with Crippen LogP contribution in [0.3, 0.4) is 0 Å². The van der Waals surface area contributed by atoms with Crippen LogP contribution in [0.4, 0.5) is 0 Å². The minimum Gasteiger partial charge on any atom is -0.379 e. The summed E-state index contributed by atoms with van der Waals surface area (Å²) in [5.41, 5.74) is 0. The Balaban J connectivity index is 1.73.